The lowest BCUT2D eigenvalue weighted by Crippen LogP contribution is -2.05. The van der Waals surface area contributed by atoms with E-state index in [1.54, 1.807) is 13.0 Å². The van der Waals surface area contributed by atoms with Crippen LogP contribution in [0.15, 0.2) is 18.2 Å². The lowest BCUT2D eigenvalue weighted by Gasteiger charge is -2.06. The third-order valence-corrected chi connectivity index (χ3v) is 2.08. The molecular formula is C8H9NO4S. The fraction of sp³-hybridized carbons (Fsp3) is 0.125. The molecule has 6 heteroatoms. The number of aromatic carboxylic acids is 1. The van der Waals surface area contributed by atoms with E-state index in [1.807, 2.05) is 0 Å². The van der Waals surface area contributed by atoms with Crippen molar-refractivity contribution in [3.05, 3.63) is 29.3 Å². The molecule has 0 aliphatic rings. The standard InChI is InChI=1S/C8H9NO4S/c1-5-2-3-6(8(10)11)4-7(5)9-14(12)13/h2-4,9H,1H3,(H,10,11)(H,12,13). The van der Waals surface area contributed by atoms with Gasteiger partial charge < -0.3 is 5.11 Å². The Morgan fingerprint density at radius 1 is 1.50 bits per heavy atom. The minimum Gasteiger partial charge on any atom is -0.478 e. The first kappa shape index (κ1) is 10.7. The van der Waals surface area contributed by atoms with Crippen molar-refractivity contribution >= 4 is 22.9 Å². The number of rotatable bonds is 3. The van der Waals surface area contributed by atoms with Crippen molar-refractivity contribution in [2.45, 2.75) is 6.92 Å². The van der Waals surface area contributed by atoms with Gasteiger partial charge in [0.15, 0.2) is 0 Å². The van der Waals surface area contributed by atoms with E-state index in [-0.39, 0.29) is 5.56 Å². The normalized spacial score (nSPS) is 12.1. The van der Waals surface area contributed by atoms with Gasteiger partial charge in [-0.3, -0.25) is 9.27 Å². The quantitative estimate of drug-likeness (QED) is 0.662. The molecule has 0 saturated carbocycles. The van der Waals surface area contributed by atoms with Gasteiger partial charge in [0.05, 0.1) is 11.3 Å². The molecular weight excluding hydrogens is 206 g/mol. The van der Waals surface area contributed by atoms with E-state index in [0.717, 1.165) is 0 Å². The zero-order valence-corrected chi connectivity index (χ0v) is 8.17. The molecule has 0 aliphatic heterocycles. The highest BCUT2D eigenvalue weighted by Crippen LogP contribution is 2.17. The summed E-state index contributed by atoms with van der Waals surface area (Å²) in [6.07, 6.45) is 0. The first-order chi connectivity index (χ1) is 6.50. The molecule has 14 heavy (non-hydrogen) atoms. The van der Waals surface area contributed by atoms with Gasteiger partial charge in [-0.15, -0.1) is 0 Å². The van der Waals surface area contributed by atoms with Crippen LogP contribution < -0.4 is 4.72 Å². The van der Waals surface area contributed by atoms with Gasteiger partial charge in [0, 0.05) is 0 Å². The number of carboxylic acids is 1. The fourth-order valence-electron chi connectivity index (χ4n) is 0.959. The molecule has 0 bridgehead atoms. The number of aryl methyl sites for hydroxylation is 1. The van der Waals surface area contributed by atoms with Crippen LogP contribution in [0, 0.1) is 6.92 Å². The van der Waals surface area contributed by atoms with Gasteiger partial charge in [-0.2, -0.15) is 0 Å². The highest BCUT2D eigenvalue weighted by Gasteiger charge is 2.06. The summed E-state index contributed by atoms with van der Waals surface area (Å²) in [4.78, 5) is 10.6. The zero-order valence-electron chi connectivity index (χ0n) is 7.35. The number of benzene rings is 1. The molecule has 0 aromatic heterocycles. The van der Waals surface area contributed by atoms with E-state index in [9.17, 15) is 9.00 Å². The monoisotopic (exact) mass is 215 g/mol. The van der Waals surface area contributed by atoms with Gasteiger partial charge in [-0.25, -0.2) is 9.00 Å². The molecule has 1 unspecified atom stereocenters. The summed E-state index contributed by atoms with van der Waals surface area (Å²) in [5, 5.41) is 8.67. The number of carboxylic acid groups (broad SMARTS) is 1. The van der Waals surface area contributed by atoms with Crippen LogP contribution in [-0.4, -0.2) is 19.8 Å². The predicted molar refractivity (Wildman–Crippen MR) is 52.5 cm³/mol. The fourth-order valence-corrected chi connectivity index (χ4v) is 1.37. The Morgan fingerprint density at radius 2 is 2.14 bits per heavy atom. The molecule has 0 fully saturated rings. The van der Waals surface area contributed by atoms with Crippen molar-refractivity contribution < 1.29 is 18.7 Å². The Hall–Kier alpha value is -1.40. The summed E-state index contributed by atoms with van der Waals surface area (Å²) in [6.45, 7) is 1.71. The van der Waals surface area contributed by atoms with Crippen LogP contribution in [-0.2, 0) is 11.3 Å². The average Bonchev–Trinajstić information content (AvgIpc) is 2.07. The van der Waals surface area contributed by atoms with Crippen LogP contribution in [0.4, 0.5) is 5.69 Å². The van der Waals surface area contributed by atoms with Gasteiger partial charge in [0.1, 0.15) is 0 Å². The van der Waals surface area contributed by atoms with Crippen molar-refractivity contribution in [2.24, 2.45) is 0 Å². The molecule has 0 amide bonds. The second kappa shape index (κ2) is 4.21. The molecule has 0 saturated heterocycles. The molecule has 5 nitrogen and oxygen atoms in total. The smallest absolute Gasteiger partial charge is 0.335 e. The molecule has 0 radical (unpaired) electrons. The van der Waals surface area contributed by atoms with Crippen molar-refractivity contribution in [2.75, 3.05) is 4.72 Å². The molecule has 0 spiro atoms. The molecule has 76 valence electrons. The molecule has 0 heterocycles. The Balaban J connectivity index is 3.08. The van der Waals surface area contributed by atoms with Crippen LogP contribution in [0.1, 0.15) is 15.9 Å². The van der Waals surface area contributed by atoms with E-state index >= 15 is 0 Å². The van der Waals surface area contributed by atoms with Crippen LogP contribution in [0.3, 0.4) is 0 Å². The predicted octanol–water partition coefficient (Wildman–Crippen LogP) is 1.24. The first-order valence-electron chi connectivity index (χ1n) is 3.72. The second-order valence-electron chi connectivity index (χ2n) is 2.69. The van der Waals surface area contributed by atoms with Crippen LogP contribution in [0.5, 0.6) is 0 Å². The topological polar surface area (TPSA) is 86.6 Å². The largest absolute Gasteiger partial charge is 0.478 e. The summed E-state index contributed by atoms with van der Waals surface area (Å²) in [5.41, 5.74) is 1.12. The van der Waals surface area contributed by atoms with Gasteiger partial charge in [0.25, 0.3) is 11.3 Å². The summed E-state index contributed by atoms with van der Waals surface area (Å²) in [6, 6.07) is 4.31. The number of nitrogens with one attached hydrogen (secondary N) is 1. The Kier molecular flexibility index (Phi) is 3.21. The molecule has 1 aromatic carbocycles. The lowest BCUT2D eigenvalue weighted by molar-refractivity contribution is 0.0697. The summed E-state index contributed by atoms with van der Waals surface area (Å²) < 4.78 is 21.3. The molecule has 3 N–H and O–H groups in total. The lowest BCUT2D eigenvalue weighted by atomic mass is 10.1. The highest BCUT2D eigenvalue weighted by atomic mass is 32.2. The van der Waals surface area contributed by atoms with E-state index in [1.165, 1.54) is 12.1 Å². The third-order valence-electron chi connectivity index (χ3n) is 1.68. The number of hydrogen-bond donors (Lipinski definition) is 3. The van der Waals surface area contributed by atoms with E-state index < -0.39 is 17.2 Å². The zero-order chi connectivity index (χ0) is 10.7. The van der Waals surface area contributed by atoms with Crippen LogP contribution >= 0.6 is 0 Å². The van der Waals surface area contributed by atoms with E-state index in [0.29, 0.717) is 11.3 Å². The second-order valence-corrected chi connectivity index (χ2v) is 3.39. The first-order valence-corrected chi connectivity index (χ1v) is 4.83. The highest BCUT2D eigenvalue weighted by molar-refractivity contribution is 7.80. The SMILES string of the molecule is Cc1ccc(C(=O)O)cc1NS(=O)O. The van der Waals surface area contributed by atoms with Gasteiger partial charge in [0.2, 0.25) is 0 Å². The van der Waals surface area contributed by atoms with E-state index in [4.69, 9.17) is 9.66 Å². The maximum absolute atomic E-state index is 10.6. The van der Waals surface area contributed by atoms with Crippen molar-refractivity contribution in [1.29, 1.82) is 0 Å². The van der Waals surface area contributed by atoms with Crippen LogP contribution in [0.25, 0.3) is 0 Å². The minimum absolute atomic E-state index is 0.0727. The van der Waals surface area contributed by atoms with Crippen molar-refractivity contribution in [3.8, 4) is 0 Å². The Labute approximate surface area is 83.2 Å². The maximum atomic E-state index is 10.6. The van der Waals surface area contributed by atoms with Crippen molar-refractivity contribution in [3.63, 3.8) is 0 Å². The number of hydrogen-bond acceptors (Lipinski definition) is 2. The summed E-state index contributed by atoms with van der Waals surface area (Å²) in [7, 11) is 0. The molecule has 1 rings (SSSR count). The number of carbonyl (C=O) groups is 1. The Bertz CT molecular complexity index is 391. The van der Waals surface area contributed by atoms with E-state index in [2.05, 4.69) is 4.72 Å². The number of anilines is 1. The minimum atomic E-state index is -2.19. The summed E-state index contributed by atoms with van der Waals surface area (Å²) in [5.74, 6) is -1.07. The summed E-state index contributed by atoms with van der Waals surface area (Å²) >= 11 is -2.19. The van der Waals surface area contributed by atoms with Gasteiger partial charge >= 0.3 is 5.97 Å². The molecule has 1 aromatic rings. The maximum Gasteiger partial charge on any atom is 0.335 e. The van der Waals surface area contributed by atoms with Crippen LogP contribution in [0.2, 0.25) is 0 Å². The average molecular weight is 215 g/mol. The molecule has 0 aliphatic carbocycles. The van der Waals surface area contributed by atoms with Crippen molar-refractivity contribution in [1.82, 2.24) is 0 Å². The van der Waals surface area contributed by atoms with Gasteiger partial charge in [-0.05, 0) is 24.6 Å². The van der Waals surface area contributed by atoms with Gasteiger partial charge in [-0.1, -0.05) is 6.07 Å². The Morgan fingerprint density at radius 3 is 2.64 bits per heavy atom. The third kappa shape index (κ3) is 2.54. The molecule has 1 atom stereocenters.